The number of nitrogens with zero attached hydrogens (tertiary/aromatic N) is 2. The number of hydrogen-bond acceptors (Lipinski definition) is 16. The number of carboxylic acid groups (broad SMARTS) is 1. The number of guanidine groups is 4. The van der Waals surface area contributed by atoms with Crippen LogP contribution in [0, 0.1) is 21.6 Å². The molecule has 2 fully saturated rings. The zero-order chi connectivity index (χ0) is 88.1. The lowest BCUT2D eigenvalue weighted by Gasteiger charge is -2.32. The molecule has 2 aliphatic rings. The smallest absolute Gasteiger partial charge is 0.326 e. The van der Waals surface area contributed by atoms with Crippen molar-refractivity contribution < 1.29 is 57.8 Å². The van der Waals surface area contributed by atoms with Crippen LogP contribution in [0.5, 0.6) is 0 Å². The molecule has 0 unspecified atom stereocenters. The van der Waals surface area contributed by atoms with Crippen molar-refractivity contribution in [2.75, 3.05) is 39.3 Å². The van der Waals surface area contributed by atoms with Crippen LogP contribution in [0.2, 0.25) is 0 Å². The second-order valence-electron chi connectivity index (χ2n) is 30.8. The molecule has 10 amide bonds. The maximum Gasteiger partial charge on any atom is 0.326 e. The van der Waals surface area contributed by atoms with Gasteiger partial charge in [0.25, 0.3) is 0 Å². The third-order valence-electron chi connectivity index (χ3n) is 21.8. The molecule has 5 heterocycles. The van der Waals surface area contributed by atoms with E-state index >= 15 is 28.8 Å². The van der Waals surface area contributed by atoms with Crippen molar-refractivity contribution in [3.63, 3.8) is 0 Å². The Morgan fingerprint density at radius 3 is 1.05 bits per heavy atom. The van der Waals surface area contributed by atoms with Gasteiger partial charge in [0.1, 0.15) is 60.4 Å². The Morgan fingerprint density at radius 1 is 0.366 bits per heavy atom. The summed E-state index contributed by atoms with van der Waals surface area (Å²) in [7, 11) is 0. The highest BCUT2D eigenvalue weighted by Crippen LogP contribution is 2.28. The van der Waals surface area contributed by atoms with Crippen molar-refractivity contribution >= 4 is 122 Å². The summed E-state index contributed by atoms with van der Waals surface area (Å²) in [4.78, 5) is 176. The largest absolute Gasteiger partial charge is 0.480 e. The quantitative estimate of drug-likeness (QED) is 0.0135. The molecule has 0 spiro atoms. The number of likely N-dealkylation sites (tertiary alicyclic amines) is 2. The van der Waals surface area contributed by atoms with Gasteiger partial charge in [-0.15, -0.1) is 0 Å². The molecule has 123 heavy (non-hydrogen) atoms. The predicted octanol–water partition coefficient (Wildman–Crippen LogP) is -0.0308. The third kappa shape index (κ3) is 26.5. The Bertz CT molecular complexity index is 5060. The second kappa shape index (κ2) is 44.8. The van der Waals surface area contributed by atoms with E-state index in [1.807, 2.05) is 72.8 Å². The Labute approximate surface area is 709 Å². The monoisotopic (exact) mass is 1690 g/mol. The van der Waals surface area contributed by atoms with Gasteiger partial charge in [-0.05, 0) is 123 Å². The first kappa shape index (κ1) is 91.2. The summed E-state index contributed by atoms with van der Waals surface area (Å²) < 4.78 is 0. The van der Waals surface area contributed by atoms with Crippen molar-refractivity contribution in [2.24, 2.45) is 28.7 Å². The molecule has 654 valence electrons. The van der Waals surface area contributed by atoms with Crippen LogP contribution in [0.25, 0.3) is 32.7 Å². The van der Waals surface area contributed by atoms with E-state index in [9.17, 15) is 29.1 Å². The van der Waals surface area contributed by atoms with E-state index in [1.165, 1.54) is 9.80 Å². The van der Waals surface area contributed by atoms with E-state index in [2.05, 4.69) is 78.8 Å². The van der Waals surface area contributed by atoms with Crippen LogP contribution in [0.4, 0.5) is 0 Å². The van der Waals surface area contributed by atoms with E-state index in [1.54, 1.807) is 79.3 Å². The van der Waals surface area contributed by atoms with Gasteiger partial charge in [-0.1, -0.05) is 115 Å². The standard InChI is InChI=1S/C85H112N26O12/c86-57(26-13-35-95-82(87)88)71(112)102-61(30-14-36-96-83(89)90)73(114)108-67(42-50-21-5-2-6-22-50)79(120)110-39-17-34-70(110)78(119)107-66(44-52-47-100-59-28-11-8-24-55(52)59)75(116)105-65(43-51-46-99-58-27-10-7-23-54(51)58)76(117)109-68(45-53-48-101-60-29-12-9-25-56(53)60)80(121)111-40-18-33-69(111)77(118)106-64(41-49-19-3-1-4-20-49)74(115)103-62(31-15-37-97-84(91)92)72(113)104-63(81(122)123)32-16-38-98-85(93)94/h1-12,19-25,27-29,46-48,57,61-70,99-101H,13-18,26,30-45,86H2,(H,102,112)(H,103,115)(H,104,113)(H,105,116)(H,106,118)(H,107,119)(H,108,114)(H,109,117)(H,122,123)(H4,87,88,95)(H4,89,90,96)(H4,91,92,97)(H4,93,94,98)/t57-,61-,62-,63-,64-,65-,66-,67-,68-,69-,70-/m0/s1. The topological polar surface area (TPSA) is 632 Å². The summed E-state index contributed by atoms with van der Waals surface area (Å²) in [6.45, 7) is 0.708. The van der Waals surface area contributed by atoms with E-state index in [4.69, 9.17) is 50.3 Å². The molecule has 2 saturated heterocycles. The number of fused-ring (bicyclic) bond motifs is 3. The van der Waals surface area contributed by atoms with Crippen LogP contribution < -0.4 is 92.5 Å². The van der Waals surface area contributed by atoms with Crippen molar-refractivity contribution in [3.05, 3.63) is 180 Å². The number of nitrogens with two attached hydrogens (primary N) is 5. The Kier molecular flexibility index (Phi) is 33.2. The Balaban J connectivity index is 0.933. The molecular formula is C85H112N26O12. The predicted molar refractivity (Wildman–Crippen MR) is 463 cm³/mol. The van der Waals surface area contributed by atoms with Gasteiger partial charge in [-0.2, -0.15) is 0 Å². The summed E-state index contributed by atoms with van der Waals surface area (Å²) in [5.74, 6) is -10.2. The van der Waals surface area contributed by atoms with Crippen molar-refractivity contribution in [1.82, 2.24) is 88.6 Å². The second-order valence-corrected chi connectivity index (χ2v) is 30.8. The zero-order valence-corrected chi connectivity index (χ0v) is 68.3. The lowest BCUT2D eigenvalue weighted by molar-refractivity contribution is -0.143. The lowest BCUT2D eigenvalue weighted by Crippen LogP contribution is -2.61. The number of carbonyl (C=O) groups excluding carboxylic acids is 10. The summed E-state index contributed by atoms with van der Waals surface area (Å²) in [5, 5.41) is 75.9. The van der Waals surface area contributed by atoms with E-state index < -0.39 is 132 Å². The summed E-state index contributed by atoms with van der Waals surface area (Å²) in [6, 6.07) is 24.7. The Hall–Kier alpha value is -14.1. The van der Waals surface area contributed by atoms with Gasteiger partial charge in [0, 0.05) is 123 Å². The van der Waals surface area contributed by atoms with Gasteiger partial charge in [-0.25, -0.2) is 4.79 Å². The van der Waals surface area contributed by atoms with Crippen LogP contribution in [0.1, 0.15) is 105 Å². The SMILES string of the molecule is N=C(N)NCCC[C@H](NC(=O)[C@H](CCCNC(=N)N)NC(=O)[C@H](Cc1ccccc1)NC(=O)[C@@H]1CCCN1C(=O)[C@H](Cc1c[nH]c2ccccc12)NC(=O)[C@H](Cc1c[nH]c2ccccc12)NC(=O)[C@H](Cc1c[nH]c2ccccc12)NC(=O)[C@@H]1CCCN1C(=O)[C@H](Cc1ccccc1)NC(=O)[C@H](CCCNC(=N)N)NC(=O)[C@@H](N)CCCNC(=N)N)C(=O)O. The number of benzene rings is 5. The average Bonchev–Trinajstić information content (AvgIpc) is 1.69. The van der Waals surface area contributed by atoms with Gasteiger partial charge in [0.15, 0.2) is 23.8 Å². The molecule has 8 aromatic rings. The number of carboxylic acids is 1. The number of H-pyrrole nitrogens is 3. The number of aliphatic carboxylic acids is 1. The number of rotatable bonds is 45. The van der Waals surface area contributed by atoms with Crippen molar-refractivity contribution in [2.45, 2.75) is 176 Å². The number of carbonyl (C=O) groups is 11. The maximum atomic E-state index is 16.0. The van der Waals surface area contributed by atoms with Crippen LogP contribution in [0.15, 0.2) is 152 Å². The maximum absolute atomic E-state index is 16.0. The number of para-hydroxylation sites is 3. The highest BCUT2D eigenvalue weighted by Gasteiger charge is 2.44. The fourth-order valence-electron chi connectivity index (χ4n) is 15.5. The van der Waals surface area contributed by atoms with Crippen LogP contribution in [0.3, 0.4) is 0 Å². The fraction of sp³-hybridized carbons (Fsp3) is 0.400. The first-order valence-electron chi connectivity index (χ1n) is 41.2. The van der Waals surface area contributed by atoms with Crippen LogP contribution in [-0.4, -0.2) is 224 Å². The number of nitrogens with one attached hydrogen (secondary N) is 19. The van der Waals surface area contributed by atoms with Crippen LogP contribution >= 0.6 is 0 Å². The number of amides is 10. The molecule has 0 saturated carbocycles. The van der Waals surface area contributed by atoms with Crippen LogP contribution in [-0.2, 0) is 84.8 Å². The van der Waals surface area contributed by atoms with E-state index in [-0.39, 0.29) is 153 Å². The zero-order valence-electron chi connectivity index (χ0n) is 68.3. The molecule has 10 rings (SSSR count). The fourth-order valence-corrected chi connectivity index (χ4v) is 15.5. The Morgan fingerprint density at radius 2 is 0.659 bits per heavy atom. The number of aromatic amines is 3. The van der Waals surface area contributed by atoms with Gasteiger partial charge in [-0.3, -0.25) is 69.6 Å². The minimum absolute atomic E-state index is 0.0122. The van der Waals surface area contributed by atoms with Crippen molar-refractivity contribution in [1.29, 1.82) is 21.6 Å². The molecular weight excluding hydrogens is 1580 g/mol. The highest BCUT2D eigenvalue weighted by molar-refractivity contribution is 6.01. The summed E-state index contributed by atoms with van der Waals surface area (Å²) >= 11 is 0. The molecule has 2 aliphatic heterocycles. The third-order valence-corrected chi connectivity index (χ3v) is 21.8. The molecule has 5 aromatic carbocycles. The lowest BCUT2D eigenvalue weighted by atomic mass is 9.99. The molecule has 0 radical (unpaired) electrons. The normalized spacial score (nSPS) is 15.9. The van der Waals surface area contributed by atoms with E-state index in [0.29, 0.717) is 79.8 Å². The summed E-state index contributed by atoms with van der Waals surface area (Å²) in [6.07, 6.45) is 6.21. The molecule has 0 aliphatic carbocycles. The molecule has 38 nitrogen and oxygen atoms in total. The first-order chi connectivity index (χ1) is 59.2. The van der Waals surface area contributed by atoms with Gasteiger partial charge in [0.05, 0.1) is 6.04 Å². The minimum atomic E-state index is -1.52. The minimum Gasteiger partial charge on any atom is -0.480 e. The van der Waals surface area contributed by atoms with Gasteiger partial charge >= 0.3 is 5.97 Å². The van der Waals surface area contributed by atoms with Gasteiger partial charge in [0.2, 0.25) is 59.1 Å². The van der Waals surface area contributed by atoms with Crippen molar-refractivity contribution in [3.8, 4) is 0 Å². The molecule has 38 heteroatoms. The molecule has 0 bridgehead atoms. The number of hydrogen-bond donors (Lipinski definition) is 25. The van der Waals surface area contributed by atoms with E-state index in [0.717, 1.165) is 0 Å². The number of aromatic nitrogens is 3. The molecule has 11 atom stereocenters. The van der Waals surface area contributed by atoms with Gasteiger partial charge < -0.3 is 122 Å². The highest BCUT2D eigenvalue weighted by atomic mass is 16.4. The molecule has 3 aromatic heterocycles. The summed E-state index contributed by atoms with van der Waals surface area (Å²) in [5.41, 5.74) is 33.4. The molecule has 30 N–H and O–H groups in total. The first-order valence-corrected chi connectivity index (χ1v) is 41.2. The average molecular weight is 1690 g/mol.